The Labute approximate surface area is 127 Å². The van der Waals surface area contributed by atoms with E-state index in [0.717, 1.165) is 30.3 Å². The molecule has 2 aromatic rings. The molecule has 0 bridgehead atoms. The Hall–Kier alpha value is -3.10. The van der Waals surface area contributed by atoms with Crippen molar-refractivity contribution in [1.29, 1.82) is 0 Å². The highest BCUT2D eigenvalue weighted by Gasteiger charge is 2.30. The Kier molecular flexibility index (Phi) is 4.49. The van der Waals surface area contributed by atoms with Crippen LogP contribution >= 0.6 is 0 Å². The molecule has 0 saturated heterocycles. The quantitative estimate of drug-likeness (QED) is 0.512. The van der Waals surface area contributed by atoms with Crippen LogP contribution in [0, 0.1) is 10.1 Å². The summed E-state index contributed by atoms with van der Waals surface area (Å²) in [5.41, 5.74) is -1.21. The molecule has 0 aliphatic carbocycles. The lowest BCUT2D eigenvalue weighted by atomic mass is 10.2. The molecule has 0 spiro atoms. The molecule has 2 aromatic carbocycles. The maximum atomic E-state index is 12.6. The summed E-state index contributed by atoms with van der Waals surface area (Å²) in [5, 5.41) is 13.1. The number of carbonyl (C=O) groups excluding carboxylic acids is 1. The zero-order chi connectivity index (χ0) is 17.0. The molecule has 23 heavy (non-hydrogen) atoms. The van der Waals surface area contributed by atoms with E-state index in [1.54, 1.807) is 0 Å². The number of hydrogen-bond donors (Lipinski definition) is 1. The van der Waals surface area contributed by atoms with Crippen molar-refractivity contribution >= 4 is 17.8 Å². The minimum atomic E-state index is -4.54. The molecule has 0 heterocycles. The number of halogens is 3. The Morgan fingerprint density at radius 3 is 2.48 bits per heavy atom. The molecule has 0 saturated carbocycles. The van der Waals surface area contributed by atoms with Crippen LogP contribution in [0.25, 0.3) is 0 Å². The largest absolute Gasteiger partial charge is 0.457 e. The number of nitro groups is 1. The number of ether oxygens (including phenoxy) is 1. The van der Waals surface area contributed by atoms with Gasteiger partial charge in [0.1, 0.15) is 11.5 Å². The van der Waals surface area contributed by atoms with Crippen LogP contribution in [0.5, 0.6) is 11.5 Å². The van der Waals surface area contributed by atoms with E-state index in [0.29, 0.717) is 6.41 Å². The summed E-state index contributed by atoms with van der Waals surface area (Å²) >= 11 is 0. The van der Waals surface area contributed by atoms with Crippen LogP contribution in [0.2, 0.25) is 0 Å². The standard InChI is InChI=1S/C14H9F3N2O4/c15-14(16,17)9-2-1-3-12(4-9)23-13-6-10(18-8-20)5-11(7-13)19(21)22/h1-8H,(H,18,20). The third-order valence-electron chi connectivity index (χ3n) is 2.72. The number of nitrogens with zero attached hydrogens (tertiary/aromatic N) is 1. The van der Waals surface area contributed by atoms with Gasteiger partial charge in [0.05, 0.1) is 22.2 Å². The number of nitro benzene ring substituents is 1. The number of rotatable bonds is 5. The van der Waals surface area contributed by atoms with E-state index in [4.69, 9.17) is 4.74 Å². The average Bonchev–Trinajstić information content (AvgIpc) is 2.46. The average molecular weight is 326 g/mol. The SMILES string of the molecule is O=CNc1cc(Oc2cccc(C(F)(F)F)c2)cc([N+](=O)[O-])c1. The van der Waals surface area contributed by atoms with E-state index in [-0.39, 0.29) is 22.9 Å². The van der Waals surface area contributed by atoms with Crippen molar-refractivity contribution in [3.8, 4) is 11.5 Å². The monoisotopic (exact) mass is 326 g/mol. The fraction of sp³-hybridized carbons (Fsp3) is 0.0714. The van der Waals surface area contributed by atoms with Crippen LogP contribution < -0.4 is 10.1 Å². The minimum Gasteiger partial charge on any atom is -0.457 e. The second kappa shape index (κ2) is 6.34. The van der Waals surface area contributed by atoms with Gasteiger partial charge in [-0.25, -0.2) is 0 Å². The van der Waals surface area contributed by atoms with E-state index in [9.17, 15) is 28.1 Å². The lowest BCUT2D eigenvalue weighted by Crippen LogP contribution is -2.04. The molecule has 120 valence electrons. The lowest BCUT2D eigenvalue weighted by Gasteiger charge is -2.10. The van der Waals surface area contributed by atoms with Gasteiger partial charge in [0.2, 0.25) is 6.41 Å². The highest BCUT2D eigenvalue weighted by atomic mass is 19.4. The molecule has 0 fully saturated rings. The zero-order valence-corrected chi connectivity index (χ0v) is 11.3. The Morgan fingerprint density at radius 2 is 1.87 bits per heavy atom. The molecule has 0 atom stereocenters. The summed E-state index contributed by atoms with van der Waals surface area (Å²) < 4.78 is 43.2. The molecule has 0 aliphatic heterocycles. The number of amides is 1. The predicted octanol–water partition coefficient (Wildman–Crippen LogP) is 3.97. The number of hydrogen-bond acceptors (Lipinski definition) is 4. The normalized spacial score (nSPS) is 10.9. The predicted molar refractivity (Wildman–Crippen MR) is 74.3 cm³/mol. The first-order valence-electron chi connectivity index (χ1n) is 6.14. The maximum Gasteiger partial charge on any atom is 0.416 e. The Balaban J connectivity index is 2.36. The van der Waals surface area contributed by atoms with Crippen LogP contribution in [0.15, 0.2) is 42.5 Å². The van der Waals surface area contributed by atoms with Gasteiger partial charge in [-0.3, -0.25) is 14.9 Å². The van der Waals surface area contributed by atoms with E-state index in [1.165, 1.54) is 12.1 Å². The number of benzene rings is 2. The number of alkyl halides is 3. The van der Waals surface area contributed by atoms with Crippen LogP contribution in [0.4, 0.5) is 24.5 Å². The van der Waals surface area contributed by atoms with Gasteiger partial charge in [0, 0.05) is 12.1 Å². The maximum absolute atomic E-state index is 12.6. The highest BCUT2D eigenvalue weighted by molar-refractivity contribution is 5.73. The van der Waals surface area contributed by atoms with Crippen molar-refractivity contribution in [3.63, 3.8) is 0 Å². The summed E-state index contributed by atoms with van der Waals surface area (Å²) in [6.45, 7) is 0. The van der Waals surface area contributed by atoms with Gasteiger partial charge in [0.25, 0.3) is 5.69 Å². The lowest BCUT2D eigenvalue weighted by molar-refractivity contribution is -0.384. The zero-order valence-electron chi connectivity index (χ0n) is 11.3. The van der Waals surface area contributed by atoms with Crippen molar-refractivity contribution in [2.24, 2.45) is 0 Å². The van der Waals surface area contributed by atoms with Crippen LogP contribution in [-0.2, 0) is 11.0 Å². The topological polar surface area (TPSA) is 81.5 Å². The summed E-state index contributed by atoms with van der Waals surface area (Å²) in [4.78, 5) is 20.6. The van der Waals surface area contributed by atoms with E-state index in [1.807, 2.05) is 0 Å². The fourth-order valence-electron chi connectivity index (χ4n) is 1.77. The molecule has 6 nitrogen and oxygen atoms in total. The van der Waals surface area contributed by atoms with Crippen molar-refractivity contribution in [2.45, 2.75) is 6.18 Å². The van der Waals surface area contributed by atoms with E-state index in [2.05, 4.69) is 5.32 Å². The molecule has 0 aliphatic rings. The number of non-ortho nitro benzene ring substituents is 1. The molecule has 2 rings (SSSR count). The molecule has 0 aromatic heterocycles. The third kappa shape index (κ3) is 4.19. The van der Waals surface area contributed by atoms with Gasteiger partial charge in [0.15, 0.2) is 0 Å². The molecule has 1 N–H and O–H groups in total. The van der Waals surface area contributed by atoms with Crippen molar-refractivity contribution in [2.75, 3.05) is 5.32 Å². The molecule has 1 amide bonds. The van der Waals surface area contributed by atoms with Gasteiger partial charge < -0.3 is 10.1 Å². The van der Waals surface area contributed by atoms with Crippen molar-refractivity contribution < 1.29 is 27.6 Å². The van der Waals surface area contributed by atoms with Crippen LogP contribution in [0.1, 0.15) is 5.56 Å². The van der Waals surface area contributed by atoms with E-state index >= 15 is 0 Å². The summed E-state index contributed by atoms with van der Waals surface area (Å²) in [6.07, 6.45) is -4.22. The van der Waals surface area contributed by atoms with Gasteiger partial charge in [-0.1, -0.05) is 6.07 Å². The minimum absolute atomic E-state index is 0.0798. The molecular formula is C14H9F3N2O4. The van der Waals surface area contributed by atoms with E-state index < -0.39 is 16.7 Å². The molecule has 9 heteroatoms. The summed E-state index contributed by atoms with van der Waals surface area (Å²) in [5.74, 6) is -0.222. The second-order valence-electron chi connectivity index (χ2n) is 4.36. The van der Waals surface area contributed by atoms with Crippen molar-refractivity contribution in [3.05, 3.63) is 58.1 Å². The smallest absolute Gasteiger partial charge is 0.416 e. The Morgan fingerprint density at radius 1 is 1.13 bits per heavy atom. The number of carbonyl (C=O) groups is 1. The molecule has 0 radical (unpaired) electrons. The fourth-order valence-corrected chi connectivity index (χ4v) is 1.77. The first-order chi connectivity index (χ1) is 10.8. The first-order valence-corrected chi connectivity index (χ1v) is 6.14. The van der Waals surface area contributed by atoms with Gasteiger partial charge >= 0.3 is 6.18 Å². The molecular weight excluding hydrogens is 317 g/mol. The highest BCUT2D eigenvalue weighted by Crippen LogP contribution is 2.34. The van der Waals surface area contributed by atoms with Gasteiger partial charge in [-0.05, 0) is 18.2 Å². The van der Waals surface area contributed by atoms with Gasteiger partial charge in [-0.2, -0.15) is 13.2 Å². The van der Waals surface area contributed by atoms with Crippen LogP contribution in [-0.4, -0.2) is 11.3 Å². The third-order valence-corrected chi connectivity index (χ3v) is 2.72. The first kappa shape index (κ1) is 16.3. The van der Waals surface area contributed by atoms with Gasteiger partial charge in [-0.15, -0.1) is 0 Å². The Bertz CT molecular complexity index is 747. The summed E-state index contributed by atoms with van der Waals surface area (Å²) in [7, 11) is 0. The molecule has 0 unspecified atom stereocenters. The second-order valence-corrected chi connectivity index (χ2v) is 4.36. The number of nitrogens with one attached hydrogen (secondary N) is 1. The number of anilines is 1. The van der Waals surface area contributed by atoms with Crippen molar-refractivity contribution in [1.82, 2.24) is 0 Å². The van der Waals surface area contributed by atoms with Crippen LogP contribution in [0.3, 0.4) is 0 Å². The summed E-state index contributed by atoms with van der Waals surface area (Å²) in [6, 6.07) is 7.46.